The number of carbonyl (C=O) groups is 1. The predicted octanol–water partition coefficient (Wildman–Crippen LogP) is 0.913. The van der Waals surface area contributed by atoms with Crippen LogP contribution in [-0.4, -0.2) is 66.6 Å². The van der Waals surface area contributed by atoms with E-state index in [-0.39, 0.29) is 18.6 Å². The topological polar surface area (TPSA) is 64.5 Å². The fourth-order valence-corrected chi connectivity index (χ4v) is 3.57. The number of methoxy groups -OCH3 is 1. The van der Waals surface area contributed by atoms with Crippen molar-refractivity contribution in [1.82, 2.24) is 5.32 Å². The average molecular weight is 415 g/mol. The monoisotopic (exact) mass is 414 g/mol. The zero-order valence-electron chi connectivity index (χ0n) is 18.0. The van der Waals surface area contributed by atoms with Crippen molar-refractivity contribution in [3.05, 3.63) is 54.1 Å². The minimum Gasteiger partial charge on any atom is -0.497 e. The third-order valence-electron chi connectivity index (χ3n) is 5.37. The SMILES string of the molecule is COc1ccc(OCC(=O)NC[C@H](c2ccc(N(C)C)cc2)[NH+]2CCOCC2)cc1. The van der Waals surface area contributed by atoms with E-state index in [0.717, 1.165) is 37.7 Å². The first-order valence-electron chi connectivity index (χ1n) is 10.3. The van der Waals surface area contributed by atoms with Gasteiger partial charge in [-0.05, 0) is 36.4 Å². The summed E-state index contributed by atoms with van der Waals surface area (Å²) in [7, 11) is 5.68. The predicted molar refractivity (Wildman–Crippen MR) is 117 cm³/mol. The Hall–Kier alpha value is -2.77. The van der Waals surface area contributed by atoms with E-state index in [4.69, 9.17) is 14.2 Å². The van der Waals surface area contributed by atoms with Crippen LogP contribution in [0.1, 0.15) is 11.6 Å². The molecule has 0 radical (unpaired) electrons. The number of ether oxygens (including phenoxy) is 3. The number of carbonyl (C=O) groups excluding carboxylic acids is 1. The summed E-state index contributed by atoms with van der Waals surface area (Å²) < 4.78 is 16.2. The highest BCUT2D eigenvalue weighted by atomic mass is 16.5. The van der Waals surface area contributed by atoms with Gasteiger partial charge in [0, 0.05) is 25.3 Å². The average Bonchev–Trinajstić information content (AvgIpc) is 2.79. The number of rotatable bonds is 9. The summed E-state index contributed by atoms with van der Waals surface area (Å²) in [5.41, 5.74) is 2.38. The van der Waals surface area contributed by atoms with E-state index in [2.05, 4.69) is 34.5 Å². The first-order chi connectivity index (χ1) is 14.6. The van der Waals surface area contributed by atoms with E-state index < -0.39 is 0 Å². The summed E-state index contributed by atoms with van der Waals surface area (Å²) in [4.78, 5) is 15.9. The smallest absolute Gasteiger partial charge is 0.258 e. The van der Waals surface area contributed by atoms with Crippen molar-refractivity contribution in [2.24, 2.45) is 0 Å². The normalized spacial score (nSPS) is 15.3. The zero-order chi connectivity index (χ0) is 21.3. The van der Waals surface area contributed by atoms with Crippen molar-refractivity contribution in [3.63, 3.8) is 0 Å². The summed E-state index contributed by atoms with van der Waals surface area (Å²) in [5, 5.41) is 3.05. The lowest BCUT2D eigenvalue weighted by molar-refractivity contribution is -0.937. The third-order valence-corrected chi connectivity index (χ3v) is 5.37. The van der Waals surface area contributed by atoms with Gasteiger partial charge in [-0.3, -0.25) is 4.79 Å². The maximum atomic E-state index is 12.4. The van der Waals surface area contributed by atoms with Gasteiger partial charge in [-0.25, -0.2) is 0 Å². The van der Waals surface area contributed by atoms with Crippen LogP contribution in [0.25, 0.3) is 0 Å². The Kier molecular flexibility index (Phi) is 7.93. The largest absolute Gasteiger partial charge is 0.497 e. The van der Waals surface area contributed by atoms with Crippen molar-refractivity contribution in [1.29, 1.82) is 0 Å². The van der Waals surface area contributed by atoms with E-state index in [9.17, 15) is 4.79 Å². The highest BCUT2D eigenvalue weighted by Gasteiger charge is 2.27. The molecule has 1 saturated heterocycles. The number of nitrogens with one attached hydrogen (secondary N) is 2. The summed E-state index contributed by atoms with van der Waals surface area (Å²) in [5.74, 6) is 1.26. The minimum absolute atomic E-state index is 0.0168. The number of benzene rings is 2. The van der Waals surface area contributed by atoms with Gasteiger partial charge in [0.15, 0.2) is 6.61 Å². The summed E-state index contributed by atoms with van der Waals surface area (Å²) in [6, 6.07) is 15.9. The van der Waals surface area contributed by atoms with Crippen molar-refractivity contribution in [2.45, 2.75) is 6.04 Å². The number of nitrogens with zero attached hydrogens (tertiary/aromatic N) is 1. The van der Waals surface area contributed by atoms with Crippen molar-refractivity contribution in [3.8, 4) is 11.5 Å². The molecular weight excluding hydrogens is 382 g/mol. The molecule has 0 spiro atoms. The zero-order valence-corrected chi connectivity index (χ0v) is 18.0. The van der Waals surface area contributed by atoms with Gasteiger partial charge in [0.1, 0.15) is 30.6 Å². The molecule has 2 N–H and O–H groups in total. The molecule has 1 fully saturated rings. The molecule has 1 aliphatic rings. The Bertz CT molecular complexity index is 787. The van der Waals surface area contributed by atoms with Crippen LogP contribution >= 0.6 is 0 Å². The lowest BCUT2D eigenvalue weighted by Crippen LogP contribution is -3.15. The Labute approximate surface area is 178 Å². The molecule has 3 rings (SSSR count). The van der Waals surface area contributed by atoms with Gasteiger partial charge in [-0.2, -0.15) is 0 Å². The van der Waals surface area contributed by atoms with Crippen LogP contribution in [0.2, 0.25) is 0 Å². The number of hydrogen-bond acceptors (Lipinski definition) is 5. The Balaban J connectivity index is 1.58. The molecule has 0 bridgehead atoms. The molecule has 1 atom stereocenters. The molecule has 2 aromatic rings. The van der Waals surface area contributed by atoms with E-state index in [1.165, 1.54) is 10.5 Å². The number of morpholine rings is 1. The molecule has 1 amide bonds. The molecule has 7 nitrogen and oxygen atoms in total. The Morgan fingerprint density at radius 2 is 1.70 bits per heavy atom. The van der Waals surface area contributed by atoms with E-state index >= 15 is 0 Å². The van der Waals surface area contributed by atoms with Gasteiger partial charge >= 0.3 is 0 Å². The van der Waals surface area contributed by atoms with Crippen LogP contribution in [0.3, 0.4) is 0 Å². The molecule has 30 heavy (non-hydrogen) atoms. The molecule has 0 aromatic heterocycles. The molecule has 1 heterocycles. The molecule has 162 valence electrons. The van der Waals surface area contributed by atoms with Gasteiger partial charge in [0.25, 0.3) is 5.91 Å². The van der Waals surface area contributed by atoms with Gasteiger partial charge in [0.2, 0.25) is 0 Å². The van der Waals surface area contributed by atoms with Crippen LogP contribution in [0, 0.1) is 0 Å². The molecule has 0 saturated carbocycles. The van der Waals surface area contributed by atoms with E-state index in [1.54, 1.807) is 19.2 Å². The van der Waals surface area contributed by atoms with Crippen LogP contribution in [0.5, 0.6) is 11.5 Å². The second kappa shape index (κ2) is 10.8. The van der Waals surface area contributed by atoms with Gasteiger partial charge in [0.05, 0.1) is 26.9 Å². The van der Waals surface area contributed by atoms with Crippen molar-refractivity contribution < 1.29 is 23.9 Å². The Morgan fingerprint density at radius 3 is 2.30 bits per heavy atom. The molecule has 2 aromatic carbocycles. The second-order valence-electron chi connectivity index (χ2n) is 7.58. The Morgan fingerprint density at radius 1 is 1.07 bits per heavy atom. The lowest BCUT2D eigenvalue weighted by atomic mass is 10.0. The summed E-state index contributed by atoms with van der Waals surface area (Å²) in [6.07, 6.45) is 0. The number of anilines is 1. The number of amides is 1. The van der Waals surface area contributed by atoms with E-state index in [0.29, 0.717) is 12.3 Å². The van der Waals surface area contributed by atoms with Crippen molar-refractivity contribution >= 4 is 11.6 Å². The van der Waals surface area contributed by atoms with Crippen LogP contribution in [-0.2, 0) is 9.53 Å². The second-order valence-corrected chi connectivity index (χ2v) is 7.58. The fraction of sp³-hybridized carbons (Fsp3) is 0.435. The first kappa shape index (κ1) is 21.9. The maximum absolute atomic E-state index is 12.4. The van der Waals surface area contributed by atoms with Gasteiger partial charge in [-0.1, -0.05) is 12.1 Å². The first-order valence-corrected chi connectivity index (χ1v) is 10.3. The van der Waals surface area contributed by atoms with Crippen LogP contribution in [0.15, 0.2) is 48.5 Å². The van der Waals surface area contributed by atoms with Crippen LogP contribution < -0.4 is 24.6 Å². The maximum Gasteiger partial charge on any atom is 0.258 e. The molecule has 0 aliphatic carbocycles. The van der Waals surface area contributed by atoms with Gasteiger partial charge < -0.3 is 29.3 Å². The van der Waals surface area contributed by atoms with Gasteiger partial charge in [-0.15, -0.1) is 0 Å². The lowest BCUT2D eigenvalue weighted by Gasteiger charge is -2.32. The fourth-order valence-electron chi connectivity index (χ4n) is 3.57. The minimum atomic E-state index is -0.131. The van der Waals surface area contributed by atoms with Crippen LogP contribution in [0.4, 0.5) is 5.69 Å². The van der Waals surface area contributed by atoms with Crippen molar-refractivity contribution in [2.75, 3.05) is 65.6 Å². The highest BCUT2D eigenvalue weighted by molar-refractivity contribution is 5.77. The summed E-state index contributed by atoms with van der Waals surface area (Å²) in [6.45, 7) is 3.89. The number of quaternary nitrogens is 1. The standard InChI is InChI=1S/C23H31N3O4/c1-25(2)19-6-4-18(5-7-19)22(26-12-14-29-15-13-26)16-24-23(27)17-30-21-10-8-20(28-3)9-11-21/h4-11,22H,12-17H2,1-3H3,(H,24,27)/p+1/t22-/m1/s1. The number of hydrogen-bond donors (Lipinski definition) is 2. The summed E-state index contributed by atoms with van der Waals surface area (Å²) >= 11 is 0. The van der Waals surface area contributed by atoms with E-state index in [1.807, 2.05) is 26.2 Å². The third kappa shape index (κ3) is 6.11. The highest BCUT2D eigenvalue weighted by Crippen LogP contribution is 2.18. The molecule has 0 unspecified atom stereocenters. The molecule has 7 heteroatoms. The quantitative estimate of drug-likeness (QED) is 0.639. The molecular formula is C23H32N3O4+. The molecule has 1 aliphatic heterocycles.